The summed E-state index contributed by atoms with van der Waals surface area (Å²) in [6.07, 6.45) is 6.99. The first-order chi connectivity index (χ1) is 8.69. The van der Waals surface area contributed by atoms with Crippen LogP contribution in [0.25, 0.3) is 0 Å². The highest BCUT2D eigenvalue weighted by atomic mass is 32.2. The SMILES string of the molecule is CCCNC1CCC(C(C)C)CC1CCSCC. The minimum Gasteiger partial charge on any atom is -0.314 e. The van der Waals surface area contributed by atoms with E-state index in [1.807, 2.05) is 0 Å². The van der Waals surface area contributed by atoms with Crippen LogP contribution in [0.3, 0.4) is 0 Å². The third kappa shape index (κ3) is 5.52. The maximum Gasteiger partial charge on any atom is 0.00958 e. The van der Waals surface area contributed by atoms with Crippen LogP contribution in [0.2, 0.25) is 0 Å². The largest absolute Gasteiger partial charge is 0.314 e. The minimum atomic E-state index is 0.803. The number of hydrogen-bond acceptors (Lipinski definition) is 2. The Morgan fingerprint density at radius 3 is 2.61 bits per heavy atom. The molecule has 1 aliphatic rings. The van der Waals surface area contributed by atoms with Gasteiger partial charge in [-0.05, 0) is 67.9 Å². The second-order valence-electron chi connectivity index (χ2n) is 6.12. The van der Waals surface area contributed by atoms with Gasteiger partial charge in [-0.15, -0.1) is 0 Å². The van der Waals surface area contributed by atoms with Gasteiger partial charge in [0.1, 0.15) is 0 Å². The Morgan fingerprint density at radius 1 is 1.22 bits per heavy atom. The number of nitrogens with one attached hydrogen (secondary N) is 1. The molecule has 0 heterocycles. The molecule has 0 aliphatic heterocycles. The third-order valence-electron chi connectivity index (χ3n) is 4.46. The van der Waals surface area contributed by atoms with Crippen molar-refractivity contribution < 1.29 is 0 Å². The number of hydrogen-bond donors (Lipinski definition) is 1. The lowest BCUT2D eigenvalue weighted by Crippen LogP contribution is -2.42. The van der Waals surface area contributed by atoms with Crippen molar-refractivity contribution >= 4 is 11.8 Å². The number of thioether (sulfide) groups is 1. The quantitative estimate of drug-likeness (QED) is 0.649. The van der Waals surface area contributed by atoms with E-state index >= 15 is 0 Å². The van der Waals surface area contributed by atoms with Gasteiger partial charge in [0.15, 0.2) is 0 Å². The fourth-order valence-electron chi connectivity index (χ4n) is 3.20. The van der Waals surface area contributed by atoms with Crippen molar-refractivity contribution in [3.63, 3.8) is 0 Å². The summed E-state index contributed by atoms with van der Waals surface area (Å²) in [5.74, 6) is 5.40. The molecule has 1 N–H and O–H groups in total. The van der Waals surface area contributed by atoms with Gasteiger partial charge in [0.25, 0.3) is 0 Å². The molecule has 3 unspecified atom stereocenters. The molecule has 0 saturated heterocycles. The molecule has 3 atom stereocenters. The fraction of sp³-hybridized carbons (Fsp3) is 1.00. The highest BCUT2D eigenvalue weighted by Gasteiger charge is 2.30. The molecule has 108 valence electrons. The molecule has 1 fully saturated rings. The molecule has 0 spiro atoms. The Labute approximate surface area is 119 Å². The van der Waals surface area contributed by atoms with E-state index in [0.29, 0.717) is 0 Å². The highest BCUT2D eigenvalue weighted by molar-refractivity contribution is 7.99. The van der Waals surface area contributed by atoms with Gasteiger partial charge in [0, 0.05) is 6.04 Å². The topological polar surface area (TPSA) is 12.0 Å². The minimum absolute atomic E-state index is 0.803. The predicted molar refractivity (Wildman–Crippen MR) is 85.4 cm³/mol. The summed E-state index contributed by atoms with van der Waals surface area (Å²) in [5.41, 5.74) is 0. The van der Waals surface area contributed by atoms with Crippen LogP contribution in [0.5, 0.6) is 0 Å². The number of rotatable bonds is 8. The van der Waals surface area contributed by atoms with Crippen LogP contribution in [-0.2, 0) is 0 Å². The molecule has 1 aliphatic carbocycles. The maximum atomic E-state index is 3.80. The van der Waals surface area contributed by atoms with Gasteiger partial charge in [-0.2, -0.15) is 11.8 Å². The first kappa shape index (κ1) is 16.4. The van der Waals surface area contributed by atoms with Gasteiger partial charge in [0.05, 0.1) is 0 Å². The average molecular weight is 272 g/mol. The molecule has 1 saturated carbocycles. The zero-order chi connectivity index (χ0) is 13.4. The molecular formula is C16H33NS. The van der Waals surface area contributed by atoms with Crippen molar-refractivity contribution in [1.82, 2.24) is 5.32 Å². The molecule has 0 aromatic carbocycles. The van der Waals surface area contributed by atoms with Crippen molar-refractivity contribution in [3.8, 4) is 0 Å². The van der Waals surface area contributed by atoms with Crippen LogP contribution in [0, 0.1) is 17.8 Å². The van der Waals surface area contributed by atoms with E-state index in [-0.39, 0.29) is 0 Å². The van der Waals surface area contributed by atoms with Crippen LogP contribution >= 0.6 is 11.8 Å². The zero-order valence-corrected chi connectivity index (χ0v) is 13.7. The smallest absolute Gasteiger partial charge is 0.00958 e. The summed E-state index contributed by atoms with van der Waals surface area (Å²) < 4.78 is 0. The molecule has 2 heteroatoms. The second-order valence-corrected chi connectivity index (χ2v) is 7.52. The molecule has 18 heavy (non-hydrogen) atoms. The second kappa shape index (κ2) is 9.25. The summed E-state index contributed by atoms with van der Waals surface area (Å²) in [6.45, 7) is 10.6. The molecule has 1 nitrogen and oxygen atoms in total. The molecule has 0 bridgehead atoms. The summed E-state index contributed by atoms with van der Waals surface area (Å²) in [6, 6.07) is 0.803. The van der Waals surface area contributed by atoms with E-state index in [1.165, 1.54) is 50.2 Å². The summed E-state index contributed by atoms with van der Waals surface area (Å²) in [5, 5.41) is 3.80. The Kier molecular flexibility index (Phi) is 8.41. The monoisotopic (exact) mass is 271 g/mol. The van der Waals surface area contributed by atoms with Crippen LogP contribution < -0.4 is 5.32 Å². The molecule has 0 aromatic heterocycles. The lowest BCUT2D eigenvalue weighted by molar-refractivity contribution is 0.165. The maximum absolute atomic E-state index is 3.80. The van der Waals surface area contributed by atoms with Crippen LogP contribution in [0.1, 0.15) is 59.8 Å². The van der Waals surface area contributed by atoms with E-state index in [9.17, 15) is 0 Å². The van der Waals surface area contributed by atoms with E-state index in [1.54, 1.807) is 0 Å². The normalized spacial score (nSPS) is 28.8. The fourth-order valence-corrected chi connectivity index (χ4v) is 3.96. The van der Waals surface area contributed by atoms with Crippen molar-refractivity contribution in [2.75, 3.05) is 18.1 Å². The van der Waals surface area contributed by atoms with Gasteiger partial charge in [-0.1, -0.05) is 27.7 Å². The lowest BCUT2D eigenvalue weighted by atomic mass is 9.72. The Balaban J connectivity index is 2.44. The van der Waals surface area contributed by atoms with Gasteiger partial charge in [-0.25, -0.2) is 0 Å². The van der Waals surface area contributed by atoms with Crippen LogP contribution in [-0.4, -0.2) is 24.1 Å². The highest BCUT2D eigenvalue weighted by Crippen LogP contribution is 2.36. The molecule has 0 aromatic rings. The van der Waals surface area contributed by atoms with Gasteiger partial charge < -0.3 is 5.32 Å². The average Bonchev–Trinajstić information content (AvgIpc) is 2.37. The van der Waals surface area contributed by atoms with E-state index in [0.717, 1.165) is 23.8 Å². The third-order valence-corrected chi connectivity index (χ3v) is 5.39. The van der Waals surface area contributed by atoms with Crippen molar-refractivity contribution in [2.45, 2.75) is 65.8 Å². The van der Waals surface area contributed by atoms with Crippen molar-refractivity contribution in [2.24, 2.45) is 17.8 Å². The van der Waals surface area contributed by atoms with Crippen LogP contribution in [0.4, 0.5) is 0 Å². The standard InChI is InChI=1S/C16H33NS/c1-5-10-17-16-8-7-14(13(3)4)12-15(16)9-11-18-6-2/h13-17H,5-12H2,1-4H3. The van der Waals surface area contributed by atoms with Crippen molar-refractivity contribution in [3.05, 3.63) is 0 Å². The summed E-state index contributed by atoms with van der Waals surface area (Å²) >= 11 is 2.11. The van der Waals surface area contributed by atoms with E-state index < -0.39 is 0 Å². The van der Waals surface area contributed by atoms with Crippen LogP contribution in [0.15, 0.2) is 0 Å². The predicted octanol–water partition coefficient (Wildman–Crippen LogP) is 4.57. The molecule has 0 amide bonds. The molecular weight excluding hydrogens is 238 g/mol. The van der Waals surface area contributed by atoms with Gasteiger partial charge in [-0.3, -0.25) is 0 Å². The Hall–Kier alpha value is 0.310. The van der Waals surface area contributed by atoms with E-state index in [4.69, 9.17) is 0 Å². The molecule has 0 radical (unpaired) electrons. The van der Waals surface area contributed by atoms with Gasteiger partial charge in [0.2, 0.25) is 0 Å². The lowest BCUT2D eigenvalue weighted by Gasteiger charge is -2.38. The zero-order valence-electron chi connectivity index (χ0n) is 12.9. The Morgan fingerprint density at radius 2 is 2.00 bits per heavy atom. The first-order valence-electron chi connectivity index (χ1n) is 8.00. The summed E-state index contributed by atoms with van der Waals surface area (Å²) in [7, 11) is 0. The summed E-state index contributed by atoms with van der Waals surface area (Å²) in [4.78, 5) is 0. The van der Waals surface area contributed by atoms with Crippen molar-refractivity contribution in [1.29, 1.82) is 0 Å². The van der Waals surface area contributed by atoms with Gasteiger partial charge >= 0.3 is 0 Å². The molecule has 1 rings (SSSR count). The van der Waals surface area contributed by atoms with E-state index in [2.05, 4.69) is 44.8 Å². The first-order valence-corrected chi connectivity index (χ1v) is 9.15. The Bertz CT molecular complexity index is 205.